The molecule has 0 radical (unpaired) electrons. The second kappa shape index (κ2) is 4.94. The molecule has 1 rings (SSSR count). The Kier molecular flexibility index (Phi) is 3.86. The molecule has 1 unspecified atom stereocenters. The van der Waals surface area contributed by atoms with Gasteiger partial charge in [-0.2, -0.15) is 0 Å². The van der Waals surface area contributed by atoms with E-state index in [1.165, 1.54) is 5.56 Å². The molecule has 1 N–H and O–H groups in total. The van der Waals surface area contributed by atoms with Crippen LogP contribution in [-0.4, -0.2) is 37.6 Å². The Balaban J connectivity index is 2.76. The third-order valence-corrected chi connectivity index (χ3v) is 2.11. The highest BCUT2D eigenvalue weighted by molar-refractivity contribution is 5.15. The van der Waals surface area contributed by atoms with Crippen LogP contribution in [0.3, 0.4) is 0 Å². The fraction of sp³-hybridized carbons (Fsp3) is 0.500. The van der Waals surface area contributed by atoms with Gasteiger partial charge in [0.2, 0.25) is 0 Å². The van der Waals surface area contributed by atoms with Gasteiger partial charge in [0.1, 0.15) is 0 Å². The smallest absolute Gasteiger partial charge is 0.0467 e. The molecule has 1 aromatic rings. The van der Waals surface area contributed by atoms with Crippen LogP contribution in [0.25, 0.3) is 0 Å². The molecule has 0 amide bonds. The maximum Gasteiger partial charge on any atom is 0.0467 e. The molecule has 0 fully saturated rings. The lowest BCUT2D eigenvalue weighted by molar-refractivity contribution is 0.293. The van der Waals surface area contributed by atoms with E-state index in [0.29, 0.717) is 6.04 Å². The molecule has 3 heteroatoms. The molecule has 72 valence electrons. The van der Waals surface area contributed by atoms with Crippen molar-refractivity contribution < 1.29 is 0 Å². The van der Waals surface area contributed by atoms with Crippen molar-refractivity contribution >= 4 is 0 Å². The number of pyridine rings is 1. The van der Waals surface area contributed by atoms with Crippen LogP contribution in [0, 0.1) is 0 Å². The number of hydrogen-bond donors (Lipinski definition) is 1. The molecule has 1 atom stereocenters. The molecule has 1 heterocycles. The van der Waals surface area contributed by atoms with Crippen LogP contribution in [0.4, 0.5) is 0 Å². The van der Waals surface area contributed by atoms with Gasteiger partial charge in [0.25, 0.3) is 0 Å². The quantitative estimate of drug-likeness (QED) is 0.744. The molecule has 0 aliphatic carbocycles. The Morgan fingerprint density at radius 3 is 2.46 bits per heavy atom. The molecule has 0 saturated carbocycles. The van der Waals surface area contributed by atoms with Gasteiger partial charge >= 0.3 is 0 Å². The Bertz CT molecular complexity index is 233. The van der Waals surface area contributed by atoms with E-state index >= 15 is 0 Å². The van der Waals surface area contributed by atoms with Crippen LogP contribution in [-0.2, 0) is 0 Å². The topological polar surface area (TPSA) is 28.2 Å². The van der Waals surface area contributed by atoms with E-state index in [4.69, 9.17) is 0 Å². The van der Waals surface area contributed by atoms with E-state index in [0.717, 1.165) is 6.54 Å². The molecule has 3 nitrogen and oxygen atoms in total. The van der Waals surface area contributed by atoms with Crippen molar-refractivity contribution in [2.75, 3.05) is 27.7 Å². The van der Waals surface area contributed by atoms with Gasteiger partial charge in [-0.25, -0.2) is 0 Å². The monoisotopic (exact) mass is 179 g/mol. The number of nitrogens with zero attached hydrogens (tertiary/aromatic N) is 2. The average Bonchev–Trinajstić information content (AvgIpc) is 2.15. The minimum Gasteiger partial charge on any atom is -0.318 e. The van der Waals surface area contributed by atoms with Crippen molar-refractivity contribution in [3.63, 3.8) is 0 Å². The number of nitrogens with one attached hydrogen (secondary N) is 1. The largest absolute Gasteiger partial charge is 0.318 e. The van der Waals surface area contributed by atoms with E-state index in [2.05, 4.69) is 41.4 Å². The van der Waals surface area contributed by atoms with E-state index in [9.17, 15) is 0 Å². The summed E-state index contributed by atoms with van der Waals surface area (Å²) in [5, 5.41) is 3.19. The molecule has 1 aromatic heterocycles. The van der Waals surface area contributed by atoms with E-state index in [1.54, 1.807) is 0 Å². The van der Waals surface area contributed by atoms with Crippen LogP contribution in [0.2, 0.25) is 0 Å². The number of likely N-dealkylation sites (N-methyl/N-ethyl adjacent to an activating group) is 2. The van der Waals surface area contributed by atoms with Crippen molar-refractivity contribution in [3.05, 3.63) is 30.1 Å². The highest BCUT2D eigenvalue weighted by Crippen LogP contribution is 2.15. The van der Waals surface area contributed by atoms with Crippen molar-refractivity contribution in [2.24, 2.45) is 0 Å². The van der Waals surface area contributed by atoms with Gasteiger partial charge in [-0.15, -0.1) is 0 Å². The summed E-state index contributed by atoms with van der Waals surface area (Å²) < 4.78 is 0. The van der Waals surface area contributed by atoms with Gasteiger partial charge in [-0.3, -0.25) is 4.98 Å². The zero-order valence-corrected chi connectivity index (χ0v) is 8.49. The predicted octanol–water partition coefficient (Wildman–Crippen LogP) is 0.904. The highest BCUT2D eigenvalue weighted by Gasteiger charge is 2.11. The van der Waals surface area contributed by atoms with Gasteiger partial charge in [0, 0.05) is 25.0 Å². The number of aromatic nitrogens is 1. The normalized spacial score (nSPS) is 13.2. The average molecular weight is 179 g/mol. The summed E-state index contributed by atoms with van der Waals surface area (Å²) in [7, 11) is 6.14. The van der Waals surface area contributed by atoms with Gasteiger partial charge < -0.3 is 10.2 Å². The Morgan fingerprint density at radius 2 is 2.00 bits per heavy atom. The second-order valence-electron chi connectivity index (χ2n) is 3.32. The minimum absolute atomic E-state index is 0.424. The molecule has 0 aliphatic heterocycles. The Hall–Kier alpha value is -0.930. The lowest BCUT2D eigenvalue weighted by atomic mass is 10.1. The molecule has 0 aromatic carbocycles. The van der Waals surface area contributed by atoms with Gasteiger partial charge in [0.15, 0.2) is 0 Å². The van der Waals surface area contributed by atoms with Crippen molar-refractivity contribution in [1.29, 1.82) is 0 Å². The summed E-state index contributed by atoms with van der Waals surface area (Å²) in [6.07, 6.45) is 3.67. The third kappa shape index (κ3) is 2.79. The first-order valence-electron chi connectivity index (χ1n) is 4.46. The summed E-state index contributed by atoms with van der Waals surface area (Å²) >= 11 is 0. The first-order valence-corrected chi connectivity index (χ1v) is 4.46. The van der Waals surface area contributed by atoms with Crippen LogP contribution in [0.5, 0.6) is 0 Å². The van der Waals surface area contributed by atoms with Crippen molar-refractivity contribution in [1.82, 2.24) is 15.2 Å². The van der Waals surface area contributed by atoms with Crippen LogP contribution in [0.15, 0.2) is 24.5 Å². The zero-order valence-electron chi connectivity index (χ0n) is 8.49. The molecular weight excluding hydrogens is 162 g/mol. The van der Waals surface area contributed by atoms with Crippen LogP contribution >= 0.6 is 0 Å². The van der Waals surface area contributed by atoms with Crippen molar-refractivity contribution in [3.8, 4) is 0 Å². The first kappa shape index (κ1) is 10.2. The maximum atomic E-state index is 4.01. The predicted molar refractivity (Wildman–Crippen MR) is 54.6 cm³/mol. The van der Waals surface area contributed by atoms with E-state index < -0.39 is 0 Å². The fourth-order valence-electron chi connectivity index (χ4n) is 1.38. The third-order valence-electron chi connectivity index (χ3n) is 2.11. The summed E-state index contributed by atoms with van der Waals surface area (Å²) in [6, 6.07) is 4.54. The lowest BCUT2D eigenvalue weighted by Crippen LogP contribution is -2.29. The molecule has 0 spiro atoms. The van der Waals surface area contributed by atoms with Crippen LogP contribution < -0.4 is 5.32 Å². The summed E-state index contributed by atoms with van der Waals surface area (Å²) in [4.78, 5) is 6.21. The first-order chi connectivity index (χ1) is 6.25. The molecular formula is C10H17N3. The maximum absolute atomic E-state index is 4.01. The molecule has 13 heavy (non-hydrogen) atoms. The molecule has 0 bridgehead atoms. The lowest BCUT2D eigenvalue weighted by Gasteiger charge is -2.24. The minimum atomic E-state index is 0.424. The number of hydrogen-bond acceptors (Lipinski definition) is 3. The zero-order chi connectivity index (χ0) is 9.68. The highest BCUT2D eigenvalue weighted by atomic mass is 15.1. The Morgan fingerprint density at radius 1 is 1.38 bits per heavy atom. The standard InChI is InChI=1S/C10H17N3/c1-11-8-10(13(2)3)9-4-6-12-7-5-9/h4-7,10-11H,8H2,1-3H3. The molecule has 0 saturated heterocycles. The summed E-state index contributed by atoms with van der Waals surface area (Å²) in [6.45, 7) is 0.955. The second-order valence-corrected chi connectivity index (χ2v) is 3.32. The Labute approximate surface area is 79.8 Å². The SMILES string of the molecule is CNCC(c1ccncc1)N(C)C. The van der Waals surface area contributed by atoms with Crippen LogP contribution in [0.1, 0.15) is 11.6 Å². The summed E-state index contributed by atoms with van der Waals surface area (Å²) in [5.41, 5.74) is 1.30. The van der Waals surface area contributed by atoms with Gasteiger partial charge in [-0.05, 0) is 38.8 Å². The number of rotatable bonds is 4. The van der Waals surface area contributed by atoms with E-state index in [-0.39, 0.29) is 0 Å². The van der Waals surface area contributed by atoms with Gasteiger partial charge in [0.05, 0.1) is 0 Å². The van der Waals surface area contributed by atoms with Gasteiger partial charge in [-0.1, -0.05) is 0 Å². The van der Waals surface area contributed by atoms with Crippen molar-refractivity contribution in [2.45, 2.75) is 6.04 Å². The van der Waals surface area contributed by atoms with E-state index in [1.807, 2.05) is 19.4 Å². The fourth-order valence-corrected chi connectivity index (χ4v) is 1.38. The molecule has 0 aliphatic rings. The summed E-state index contributed by atoms with van der Waals surface area (Å²) in [5.74, 6) is 0.